The molecule has 0 heterocycles. The van der Waals surface area contributed by atoms with Gasteiger partial charge in [0, 0.05) is 17.2 Å². The van der Waals surface area contributed by atoms with Crippen molar-refractivity contribution in [2.24, 2.45) is 0 Å². The number of rotatable bonds is 7. The number of nitro groups is 1. The predicted octanol–water partition coefficient (Wildman–Crippen LogP) is 5.43. The van der Waals surface area contributed by atoms with Crippen LogP contribution in [0.4, 0.5) is 28.9 Å². The number of nitrogens with one attached hydrogen (secondary N) is 1. The quantitative estimate of drug-likeness (QED) is 0.353. The van der Waals surface area contributed by atoms with E-state index in [0.29, 0.717) is 0 Å². The Hall–Kier alpha value is -2.59. The second kappa shape index (κ2) is 8.61. The predicted molar refractivity (Wildman–Crippen MR) is 94.0 cm³/mol. The lowest BCUT2D eigenvalue weighted by molar-refractivity contribution is -0.384. The molecule has 0 spiro atoms. The standard InChI is InChI=1S/C16H10Cl2F4N2O4/c17-8-1-2-13(18)12(3-8)14(25)23-9-4-10(24(26)27)6-11(5-9)28-7-16(21,22)15(19)20/h1-6,15H,7H2,(H,23,25). The number of carbonyl (C=O) groups excluding carboxylic acids is 1. The van der Waals surface area contributed by atoms with Gasteiger partial charge in [0.1, 0.15) is 5.75 Å². The summed E-state index contributed by atoms with van der Waals surface area (Å²) in [5, 5.41) is 13.5. The Morgan fingerprint density at radius 3 is 2.50 bits per heavy atom. The number of halogens is 6. The third-order valence-electron chi connectivity index (χ3n) is 3.28. The zero-order valence-electron chi connectivity index (χ0n) is 13.6. The van der Waals surface area contributed by atoms with Crippen LogP contribution in [0.5, 0.6) is 5.75 Å². The molecule has 2 aromatic carbocycles. The number of nitro benzene ring substituents is 1. The van der Waals surface area contributed by atoms with Gasteiger partial charge in [-0.05, 0) is 18.2 Å². The van der Waals surface area contributed by atoms with Gasteiger partial charge in [0.05, 0.1) is 27.3 Å². The van der Waals surface area contributed by atoms with Crippen molar-refractivity contribution in [3.05, 3.63) is 62.1 Å². The average Bonchev–Trinajstić information content (AvgIpc) is 2.61. The fourth-order valence-electron chi connectivity index (χ4n) is 1.96. The average molecular weight is 441 g/mol. The Bertz CT molecular complexity index is 912. The highest BCUT2D eigenvalue weighted by Gasteiger charge is 2.41. The molecule has 2 rings (SSSR count). The van der Waals surface area contributed by atoms with Crippen molar-refractivity contribution in [1.29, 1.82) is 0 Å². The molecule has 1 N–H and O–H groups in total. The molecule has 0 aromatic heterocycles. The maximum absolute atomic E-state index is 13.0. The minimum Gasteiger partial charge on any atom is -0.487 e. The van der Waals surface area contributed by atoms with E-state index in [2.05, 4.69) is 10.1 Å². The highest BCUT2D eigenvalue weighted by atomic mass is 35.5. The van der Waals surface area contributed by atoms with E-state index in [0.717, 1.165) is 18.2 Å². The summed E-state index contributed by atoms with van der Waals surface area (Å²) < 4.78 is 55.0. The highest BCUT2D eigenvalue weighted by molar-refractivity contribution is 6.36. The molecular formula is C16H10Cl2F4N2O4. The van der Waals surface area contributed by atoms with Crippen molar-refractivity contribution in [1.82, 2.24) is 0 Å². The lowest BCUT2D eigenvalue weighted by Crippen LogP contribution is -2.33. The number of hydrogen-bond acceptors (Lipinski definition) is 4. The number of nitrogens with zero attached hydrogens (tertiary/aromatic N) is 1. The summed E-state index contributed by atoms with van der Waals surface area (Å²) in [6.07, 6.45) is -3.98. The van der Waals surface area contributed by atoms with Crippen molar-refractivity contribution >= 4 is 40.5 Å². The van der Waals surface area contributed by atoms with Gasteiger partial charge in [-0.1, -0.05) is 23.2 Å². The number of non-ortho nitro benzene ring substituents is 1. The Morgan fingerprint density at radius 2 is 1.89 bits per heavy atom. The van der Waals surface area contributed by atoms with E-state index in [1.807, 2.05) is 0 Å². The smallest absolute Gasteiger partial charge is 0.340 e. The van der Waals surface area contributed by atoms with E-state index in [1.165, 1.54) is 18.2 Å². The molecule has 0 radical (unpaired) electrons. The topological polar surface area (TPSA) is 81.5 Å². The van der Waals surface area contributed by atoms with Crippen molar-refractivity contribution in [2.75, 3.05) is 11.9 Å². The Kier molecular flexibility index (Phi) is 6.68. The number of carbonyl (C=O) groups is 1. The molecule has 0 aliphatic carbocycles. The normalized spacial score (nSPS) is 11.4. The van der Waals surface area contributed by atoms with Crippen LogP contribution >= 0.6 is 23.2 Å². The first-order valence-corrected chi connectivity index (χ1v) is 8.10. The van der Waals surface area contributed by atoms with Crippen LogP contribution in [0.2, 0.25) is 10.0 Å². The zero-order chi connectivity index (χ0) is 21.1. The van der Waals surface area contributed by atoms with Gasteiger partial charge >= 0.3 is 12.3 Å². The Morgan fingerprint density at radius 1 is 1.21 bits per heavy atom. The summed E-state index contributed by atoms with van der Waals surface area (Å²) in [6.45, 7) is -1.71. The van der Waals surface area contributed by atoms with Crippen LogP contribution < -0.4 is 10.1 Å². The molecule has 0 unspecified atom stereocenters. The minimum absolute atomic E-state index is 0.0420. The molecule has 0 saturated carbocycles. The molecule has 0 saturated heterocycles. The van der Waals surface area contributed by atoms with Gasteiger partial charge in [-0.2, -0.15) is 8.78 Å². The lowest BCUT2D eigenvalue weighted by atomic mass is 10.2. The first-order valence-electron chi connectivity index (χ1n) is 7.34. The van der Waals surface area contributed by atoms with Crippen molar-refractivity contribution in [2.45, 2.75) is 12.3 Å². The SMILES string of the molecule is O=C(Nc1cc(OCC(F)(F)C(F)F)cc([N+](=O)[O-])c1)c1cc(Cl)ccc1Cl. The molecule has 1 amide bonds. The van der Waals surface area contributed by atoms with Gasteiger partial charge in [0.15, 0.2) is 6.61 Å². The first-order chi connectivity index (χ1) is 13.0. The number of hydrogen-bond donors (Lipinski definition) is 1. The Balaban J connectivity index is 2.28. The minimum atomic E-state index is -4.46. The number of ether oxygens (including phenoxy) is 1. The molecule has 28 heavy (non-hydrogen) atoms. The van der Waals surface area contributed by atoms with E-state index >= 15 is 0 Å². The van der Waals surface area contributed by atoms with Gasteiger partial charge in [-0.25, -0.2) is 8.78 Å². The summed E-state index contributed by atoms with van der Waals surface area (Å²) in [5.74, 6) is -5.76. The number of anilines is 1. The van der Waals surface area contributed by atoms with Crippen LogP contribution in [0.25, 0.3) is 0 Å². The fraction of sp³-hybridized carbons (Fsp3) is 0.188. The van der Waals surface area contributed by atoms with Crippen LogP contribution in [0.1, 0.15) is 10.4 Å². The molecule has 6 nitrogen and oxygen atoms in total. The van der Waals surface area contributed by atoms with E-state index in [4.69, 9.17) is 23.2 Å². The zero-order valence-corrected chi connectivity index (χ0v) is 15.1. The number of amides is 1. The van der Waals surface area contributed by atoms with Crippen molar-refractivity contribution < 1.29 is 32.0 Å². The van der Waals surface area contributed by atoms with Gasteiger partial charge < -0.3 is 10.1 Å². The van der Waals surface area contributed by atoms with Gasteiger partial charge in [0.2, 0.25) is 0 Å². The molecule has 12 heteroatoms. The summed E-state index contributed by atoms with van der Waals surface area (Å²) >= 11 is 11.7. The summed E-state index contributed by atoms with van der Waals surface area (Å²) in [6, 6.07) is 6.68. The third kappa shape index (κ3) is 5.46. The van der Waals surface area contributed by atoms with Crippen LogP contribution in [0, 0.1) is 10.1 Å². The Labute approximate surface area is 165 Å². The maximum atomic E-state index is 13.0. The summed E-state index contributed by atoms with van der Waals surface area (Å²) in [7, 11) is 0. The lowest BCUT2D eigenvalue weighted by Gasteiger charge is -2.16. The summed E-state index contributed by atoms with van der Waals surface area (Å²) in [4.78, 5) is 22.4. The molecular weight excluding hydrogens is 431 g/mol. The summed E-state index contributed by atoms with van der Waals surface area (Å²) in [5.41, 5.74) is -0.872. The van der Waals surface area contributed by atoms with Crippen LogP contribution in [0.15, 0.2) is 36.4 Å². The first kappa shape index (κ1) is 21.7. The van der Waals surface area contributed by atoms with Crippen molar-refractivity contribution in [3.8, 4) is 5.75 Å². The molecule has 2 aromatic rings. The maximum Gasteiger partial charge on any atom is 0.340 e. The molecule has 0 bridgehead atoms. The molecule has 0 atom stereocenters. The van der Waals surface area contributed by atoms with Gasteiger partial charge in [0.25, 0.3) is 11.6 Å². The van der Waals surface area contributed by atoms with E-state index in [-0.39, 0.29) is 21.3 Å². The molecule has 0 aliphatic rings. The molecule has 0 aliphatic heterocycles. The van der Waals surface area contributed by atoms with Crippen LogP contribution in [0.3, 0.4) is 0 Å². The van der Waals surface area contributed by atoms with E-state index in [1.54, 1.807) is 0 Å². The van der Waals surface area contributed by atoms with Gasteiger partial charge in [-0.3, -0.25) is 14.9 Å². The van der Waals surface area contributed by atoms with Crippen molar-refractivity contribution in [3.63, 3.8) is 0 Å². The third-order valence-corrected chi connectivity index (χ3v) is 3.85. The molecule has 150 valence electrons. The molecule has 0 fully saturated rings. The number of benzene rings is 2. The number of alkyl halides is 4. The van der Waals surface area contributed by atoms with E-state index in [9.17, 15) is 32.5 Å². The van der Waals surface area contributed by atoms with E-state index < -0.39 is 41.2 Å². The monoisotopic (exact) mass is 440 g/mol. The fourth-order valence-corrected chi connectivity index (χ4v) is 2.33. The highest BCUT2D eigenvalue weighted by Crippen LogP contribution is 2.30. The van der Waals surface area contributed by atoms with Crippen LogP contribution in [-0.4, -0.2) is 29.8 Å². The second-order valence-corrected chi connectivity index (χ2v) is 6.25. The van der Waals surface area contributed by atoms with Gasteiger partial charge in [-0.15, -0.1) is 0 Å². The van der Waals surface area contributed by atoms with Crippen LogP contribution in [-0.2, 0) is 0 Å². The largest absolute Gasteiger partial charge is 0.487 e. The second-order valence-electron chi connectivity index (χ2n) is 5.40.